The highest BCUT2D eigenvalue weighted by Crippen LogP contribution is 2.25. The molecule has 1 aliphatic heterocycles. The van der Waals surface area contributed by atoms with Gasteiger partial charge in [0.25, 0.3) is 0 Å². The number of ether oxygens (including phenoxy) is 1. The minimum Gasteiger partial charge on any atom is -0.382 e. The van der Waals surface area contributed by atoms with Crippen molar-refractivity contribution >= 4 is 16.9 Å². The summed E-state index contributed by atoms with van der Waals surface area (Å²) in [6.07, 6.45) is 1.15. The van der Waals surface area contributed by atoms with Crippen LogP contribution in [-0.4, -0.2) is 35.7 Å². The van der Waals surface area contributed by atoms with Crippen molar-refractivity contribution in [3.63, 3.8) is 0 Å². The van der Waals surface area contributed by atoms with Crippen LogP contribution >= 0.6 is 11.8 Å². The van der Waals surface area contributed by atoms with Crippen LogP contribution in [-0.2, 0) is 4.74 Å². The summed E-state index contributed by atoms with van der Waals surface area (Å²) in [7, 11) is 1.73. The Balaban J connectivity index is 2.61. The van der Waals surface area contributed by atoms with Gasteiger partial charge in [0.15, 0.2) is 5.17 Å². The Kier molecular flexibility index (Phi) is 4.06. The predicted molar refractivity (Wildman–Crippen MR) is 67.7 cm³/mol. The van der Waals surface area contributed by atoms with Gasteiger partial charge in [0.1, 0.15) is 0 Å². The second kappa shape index (κ2) is 4.74. The molecule has 0 aromatic heterocycles. The maximum atomic E-state index is 5.17. The molecule has 1 heterocycles. The smallest absolute Gasteiger partial charge is 0.157 e. The summed E-state index contributed by atoms with van der Waals surface area (Å²) in [6, 6.07) is 0. The Hall–Kier alpha value is -0.220. The lowest BCUT2D eigenvalue weighted by Crippen LogP contribution is -2.47. The molecular formula is C11H22N2OS. The van der Waals surface area contributed by atoms with Gasteiger partial charge < -0.3 is 10.1 Å². The Morgan fingerprint density at radius 2 is 2.20 bits per heavy atom. The zero-order valence-electron chi connectivity index (χ0n) is 10.4. The number of nitrogens with zero attached hydrogens (tertiary/aromatic N) is 1. The van der Waals surface area contributed by atoms with Crippen molar-refractivity contribution in [3.05, 3.63) is 0 Å². The molecule has 15 heavy (non-hydrogen) atoms. The van der Waals surface area contributed by atoms with E-state index in [0.717, 1.165) is 17.3 Å². The first kappa shape index (κ1) is 12.8. The molecular weight excluding hydrogens is 208 g/mol. The van der Waals surface area contributed by atoms with Crippen molar-refractivity contribution in [1.82, 2.24) is 5.32 Å². The first-order valence-electron chi connectivity index (χ1n) is 5.34. The van der Waals surface area contributed by atoms with Crippen LogP contribution in [0.25, 0.3) is 0 Å². The number of rotatable bonds is 3. The summed E-state index contributed by atoms with van der Waals surface area (Å²) in [5.74, 6) is 1.14. The van der Waals surface area contributed by atoms with Crippen LogP contribution in [0.1, 0.15) is 34.1 Å². The van der Waals surface area contributed by atoms with Gasteiger partial charge in [-0.05, 0) is 34.1 Å². The minimum absolute atomic E-state index is 0.0476. The maximum absolute atomic E-state index is 5.17. The molecule has 3 nitrogen and oxygen atoms in total. The quantitative estimate of drug-likeness (QED) is 0.807. The number of amidine groups is 1. The SMILES string of the molecule is COCC(C)(C)NC1=NC(C)(C)CCS1. The highest BCUT2D eigenvalue weighted by molar-refractivity contribution is 8.13. The number of nitrogens with one attached hydrogen (secondary N) is 1. The molecule has 0 aliphatic carbocycles. The average Bonchev–Trinajstić information content (AvgIpc) is 1.99. The van der Waals surface area contributed by atoms with Crippen LogP contribution in [0.2, 0.25) is 0 Å². The lowest BCUT2D eigenvalue weighted by molar-refractivity contribution is 0.140. The van der Waals surface area contributed by atoms with Crippen LogP contribution in [0.5, 0.6) is 0 Å². The second-order valence-corrected chi connectivity index (χ2v) is 6.35. The molecule has 0 spiro atoms. The molecule has 0 atom stereocenters. The fourth-order valence-corrected chi connectivity index (χ4v) is 2.97. The molecule has 0 bridgehead atoms. The van der Waals surface area contributed by atoms with E-state index in [1.54, 1.807) is 18.9 Å². The first-order valence-corrected chi connectivity index (χ1v) is 6.33. The zero-order valence-corrected chi connectivity index (χ0v) is 11.2. The molecule has 0 amide bonds. The van der Waals surface area contributed by atoms with E-state index >= 15 is 0 Å². The van der Waals surface area contributed by atoms with Crippen molar-refractivity contribution < 1.29 is 4.74 Å². The van der Waals surface area contributed by atoms with E-state index in [4.69, 9.17) is 9.73 Å². The van der Waals surface area contributed by atoms with Gasteiger partial charge in [-0.2, -0.15) is 0 Å². The van der Waals surface area contributed by atoms with E-state index in [-0.39, 0.29) is 11.1 Å². The first-order chi connectivity index (χ1) is 6.85. The van der Waals surface area contributed by atoms with E-state index in [1.807, 2.05) is 0 Å². The Morgan fingerprint density at radius 1 is 1.53 bits per heavy atom. The van der Waals surface area contributed by atoms with Crippen molar-refractivity contribution in [2.45, 2.75) is 45.2 Å². The van der Waals surface area contributed by atoms with E-state index in [0.29, 0.717) is 6.61 Å². The van der Waals surface area contributed by atoms with Gasteiger partial charge in [-0.3, -0.25) is 4.99 Å². The number of thioether (sulfide) groups is 1. The third kappa shape index (κ3) is 4.43. The van der Waals surface area contributed by atoms with E-state index in [1.165, 1.54) is 0 Å². The molecule has 4 heteroatoms. The maximum Gasteiger partial charge on any atom is 0.157 e. The topological polar surface area (TPSA) is 33.6 Å². The molecule has 1 rings (SSSR count). The molecule has 0 aromatic rings. The number of hydrogen-bond acceptors (Lipinski definition) is 4. The largest absolute Gasteiger partial charge is 0.382 e. The standard InChI is InChI=1S/C11H22N2OS/c1-10(2)6-7-15-9(12-10)13-11(3,4)8-14-5/h6-8H2,1-5H3,(H,12,13). The number of hydrogen-bond donors (Lipinski definition) is 1. The van der Waals surface area contributed by atoms with Crippen LogP contribution in [0.15, 0.2) is 4.99 Å². The van der Waals surface area contributed by atoms with E-state index < -0.39 is 0 Å². The molecule has 0 fully saturated rings. The molecule has 1 N–H and O–H groups in total. The predicted octanol–water partition coefficient (Wildman–Crippen LogP) is 2.27. The second-order valence-electron chi connectivity index (χ2n) is 5.27. The summed E-state index contributed by atoms with van der Waals surface area (Å²) in [5, 5.41) is 4.49. The van der Waals surface area contributed by atoms with Crippen LogP contribution in [0.3, 0.4) is 0 Å². The average molecular weight is 230 g/mol. The molecule has 1 aliphatic rings. The molecule has 88 valence electrons. The van der Waals surface area contributed by atoms with Gasteiger partial charge in [-0.25, -0.2) is 0 Å². The fourth-order valence-electron chi connectivity index (χ4n) is 1.51. The van der Waals surface area contributed by atoms with Crippen molar-refractivity contribution in [1.29, 1.82) is 0 Å². The summed E-state index contributed by atoms with van der Waals surface area (Å²) in [6.45, 7) is 9.30. The summed E-state index contributed by atoms with van der Waals surface area (Å²) < 4.78 is 5.17. The van der Waals surface area contributed by atoms with Gasteiger partial charge in [-0.1, -0.05) is 11.8 Å². The van der Waals surface area contributed by atoms with Crippen LogP contribution in [0.4, 0.5) is 0 Å². The third-order valence-electron chi connectivity index (χ3n) is 2.31. The van der Waals surface area contributed by atoms with Crippen molar-refractivity contribution in [3.8, 4) is 0 Å². The zero-order chi connectivity index (χ0) is 11.5. The highest BCUT2D eigenvalue weighted by atomic mass is 32.2. The normalized spacial score (nSPS) is 21.0. The van der Waals surface area contributed by atoms with Crippen LogP contribution in [0, 0.1) is 0 Å². The summed E-state index contributed by atoms with van der Waals surface area (Å²) in [5.41, 5.74) is 0.0325. The van der Waals surface area contributed by atoms with Gasteiger partial charge in [0, 0.05) is 12.9 Å². The van der Waals surface area contributed by atoms with Gasteiger partial charge in [0.2, 0.25) is 0 Å². The molecule has 0 unspecified atom stereocenters. The van der Waals surface area contributed by atoms with Gasteiger partial charge in [0.05, 0.1) is 17.7 Å². The van der Waals surface area contributed by atoms with E-state index in [9.17, 15) is 0 Å². The summed E-state index contributed by atoms with van der Waals surface area (Å²) in [4.78, 5) is 4.69. The van der Waals surface area contributed by atoms with Gasteiger partial charge >= 0.3 is 0 Å². The molecule has 0 saturated carbocycles. The molecule has 0 radical (unpaired) electrons. The molecule has 0 saturated heterocycles. The molecule has 0 aromatic carbocycles. The summed E-state index contributed by atoms with van der Waals surface area (Å²) >= 11 is 1.80. The lowest BCUT2D eigenvalue weighted by Gasteiger charge is -2.32. The van der Waals surface area contributed by atoms with Gasteiger partial charge in [-0.15, -0.1) is 0 Å². The minimum atomic E-state index is -0.0476. The van der Waals surface area contributed by atoms with Crippen LogP contribution < -0.4 is 5.32 Å². The van der Waals surface area contributed by atoms with Crippen molar-refractivity contribution in [2.75, 3.05) is 19.5 Å². The van der Waals surface area contributed by atoms with Crippen molar-refractivity contribution in [2.24, 2.45) is 4.99 Å². The Bertz CT molecular complexity index is 249. The number of aliphatic imine (C=N–C) groups is 1. The lowest BCUT2D eigenvalue weighted by atomic mass is 10.0. The fraction of sp³-hybridized carbons (Fsp3) is 0.909. The Labute approximate surface area is 97.1 Å². The van der Waals surface area contributed by atoms with E-state index in [2.05, 4.69) is 33.0 Å². The number of methoxy groups -OCH3 is 1. The highest BCUT2D eigenvalue weighted by Gasteiger charge is 2.26. The monoisotopic (exact) mass is 230 g/mol. The Morgan fingerprint density at radius 3 is 2.73 bits per heavy atom. The third-order valence-corrected chi connectivity index (χ3v) is 3.18.